The number of carbonyl (C=O) groups excluding carboxylic acids is 2. The van der Waals surface area contributed by atoms with Gasteiger partial charge in [-0.1, -0.05) is 0 Å². The van der Waals surface area contributed by atoms with E-state index in [1.165, 1.54) is 0 Å². The van der Waals surface area contributed by atoms with Crippen LogP contribution in [0.25, 0.3) is 0 Å². The quantitative estimate of drug-likeness (QED) is 0.840. The maximum absolute atomic E-state index is 12.7. The number of likely N-dealkylation sites (tertiary alicyclic amines) is 1. The van der Waals surface area contributed by atoms with Crippen LogP contribution in [-0.2, 0) is 9.59 Å². The van der Waals surface area contributed by atoms with Crippen LogP contribution in [0.4, 0.5) is 5.69 Å². The van der Waals surface area contributed by atoms with Crippen LogP contribution >= 0.6 is 0 Å². The molecule has 2 amide bonds. The molecule has 1 fully saturated rings. The first kappa shape index (κ1) is 16.5. The van der Waals surface area contributed by atoms with Crippen LogP contribution in [0.1, 0.15) is 46.5 Å². The Morgan fingerprint density at radius 3 is 2.73 bits per heavy atom. The minimum atomic E-state index is -0.0572. The SMILES string of the molecule is CC(CC(=O)N(c1cccnc1)C(C)C)N1CCCCC1=O. The molecular formula is C17H25N3O2. The number of aromatic nitrogens is 1. The largest absolute Gasteiger partial charge is 0.339 e. The van der Waals surface area contributed by atoms with Crippen LogP contribution in [0.2, 0.25) is 0 Å². The molecule has 2 heterocycles. The Hall–Kier alpha value is -1.91. The van der Waals surface area contributed by atoms with Crippen LogP contribution in [0, 0.1) is 0 Å². The predicted octanol–water partition coefficient (Wildman–Crippen LogP) is 2.61. The Kier molecular flexibility index (Phi) is 5.52. The second kappa shape index (κ2) is 7.38. The molecule has 5 heteroatoms. The molecule has 1 aliphatic rings. The highest BCUT2D eigenvalue weighted by Gasteiger charge is 2.27. The van der Waals surface area contributed by atoms with E-state index < -0.39 is 0 Å². The first-order chi connectivity index (χ1) is 10.5. The molecule has 1 aliphatic heterocycles. The van der Waals surface area contributed by atoms with Crippen LogP contribution in [0.3, 0.4) is 0 Å². The smallest absolute Gasteiger partial charge is 0.229 e. The van der Waals surface area contributed by atoms with Gasteiger partial charge in [-0.15, -0.1) is 0 Å². The summed E-state index contributed by atoms with van der Waals surface area (Å²) in [6.07, 6.45) is 6.34. The molecule has 0 spiro atoms. The zero-order chi connectivity index (χ0) is 16.1. The van der Waals surface area contributed by atoms with Crippen molar-refractivity contribution in [2.45, 2.75) is 58.5 Å². The van der Waals surface area contributed by atoms with E-state index in [2.05, 4.69) is 4.98 Å². The van der Waals surface area contributed by atoms with E-state index >= 15 is 0 Å². The summed E-state index contributed by atoms with van der Waals surface area (Å²) in [7, 11) is 0. The normalized spacial score (nSPS) is 16.7. The van der Waals surface area contributed by atoms with Gasteiger partial charge in [0.15, 0.2) is 0 Å². The molecule has 0 aromatic carbocycles. The third kappa shape index (κ3) is 3.84. The lowest BCUT2D eigenvalue weighted by Crippen LogP contribution is -2.46. The second-order valence-electron chi connectivity index (χ2n) is 6.17. The maximum atomic E-state index is 12.7. The van der Waals surface area contributed by atoms with E-state index in [9.17, 15) is 9.59 Å². The molecule has 0 radical (unpaired) electrons. The Morgan fingerprint density at radius 1 is 1.36 bits per heavy atom. The molecule has 0 aliphatic carbocycles. The number of anilines is 1. The van der Waals surface area contributed by atoms with Gasteiger partial charge in [0.25, 0.3) is 0 Å². The molecule has 1 saturated heterocycles. The van der Waals surface area contributed by atoms with Gasteiger partial charge >= 0.3 is 0 Å². The summed E-state index contributed by atoms with van der Waals surface area (Å²) in [5.74, 6) is 0.206. The maximum Gasteiger partial charge on any atom is 0.229 e. The van der Waals surface area contributed by atoms with Gasteiger partial charge in [-0.3, -0.25) is 14.6 Å². The molecule has 1 unspecified atom stereocenters. The average molecular weight is 303 g/mol. The number of nitrogens with zero attached hydrogens (tertiary/aromatic N) is 3. The minimum Gasteiger partial charge on any atom is -0.339 e. The van der Waals surface area contributed by atoms with Gasteiger partial charge in [0, 0.05) is 37.7 Å². The van der Waals surface area contributed by atoms with Crippen molar-refractivity contribution in [3.63, 3.8) is 0 Å². The van der Waals surface area contributed by atoms with Crippen molar-refractivity contribution in [3.8, 4) is 0 Å². The van der Waals surface area contributed by atoms with Crippen molar-refractivity contribution in [1.82, 2.24) is 9.88 Å². The highest BCUT2D eigenvalue weighted by atomic mass is 16.2. The molecule has 0 N–H and O–H groups in total. The first-order valence-corrected chi connectivity index (χ1v) is 8.02. The zero-order valence-electron chi connectivity index (χ0n) is 13.7. The van der Waals surface area contributed by atoms with Crippen molar-refractivity contribution < 1.29 is 9.59 Å². The molecule has 2 rings (SSSR count). The number of piperidine rings is 1. The molecule has 1 atom stereocenters. The summed E-state index contributed by atoms with van der Waals surface area (Å²) < 4.78 is 0. The molecule has 5 nitrogen and oxygen atoms in total. The number of rotatable bonds is 5. The highest BCUT2D eigenvalue weighted by Crippen LogP contribution is 2.20. The molecule has 0 bridgehead atoms. The summed E-state index contributed by atoms with van der Waals surface area (Å²) >= 11 is 0. The van der Waals surface area contributed by atoms with E-state index in [1.54, 1.807) is 17.3 Å². The summed E-state index contributed by atoms with van der Waals surface area (Å²) in [4.78, 5) is 32.4. The highest BCUT2D eigenvalue weighted by molar-refractivity contribution is 5.94. The van der Waals surface area contributed by atoms with Crippen LogP contribution in [-0.4, -0.2) is 40.3 Å². The van der Waals surface area contributed by atoms with Crippen molar-refractivity contribution in [1.29, 1.82) is 0 Å². The monoisotopic (exact) mass is 303 g/mol. The van der Waals surface area contributed by atoms with Crippen molar-refractivity contribution in [2.75, 3.05) is 11.4 Å². The molecular weight excluding hydrogens is 278 g/mol. The van der Waals surface area contributed by atoms with Gasteiger partial charge in [-0.05, 0) is 45.7 Å². The first-order valence-electron chi connectivity index (χ1n) is 8.02. The zero-order valence-corrected chi connectivity index (χ0v) is 13.7. The summed E-state index contributed by atoms with van der Waals surface area (Å²) in [6.45, 7) is 6.70. The summed E-state index contributed by atoms with van der Waals surface area (Å²) in [6, 6.07) is 3.72. The minimum absolute atomic E-state index is 0.0360. The third-order valence-electron chi connectivity index (χ3n) is 4.07. The van der Waals surface area contributed by atoms with E-state index in [-0.39, 0.29) is 23.9 Å². The Balaban J connectivity index is 2.06. The standard InChI is InChI=1S/C17H25N3O2/c1-13(2)20(15-7-6-9-18-12-15)17(22)11-14(3)19-10-5-4-8-16(19)21/h6-7,9,12-14H,4-5,8,10-11H2,1-3H3. The lowest BCUT2D eigenvalue weighted by atomic mass is 10.1. The van der Waals surface area contributed by atoms with E-state index in [1.807, 2.05) is 37.8 Å². The Bertz CT molecular complexity index is 516. The molecule has 1 aromatic rings. The van der Waals surface area contributed by atoms with Crippen molar-refractivity contribution in [2.24, 2.45) is 0 Å². The molecule has 120 valence electrons. The Morgan fingerprint density at radius 2 is 2.14 bits per heavy atom. The Labute approximate surface area is 132 Å². The number of hydrogen-bond donors (Lipinski definition) is 0. The van der Waals surface area contributed by atoms with Gasteiger partial charge in [0.05, 0.1) is 11.9 Å². The van der Waals surface area contributed by atoms with Crippen molar-refractivity contribution in [3.05, 3.63) is 24.5 Å². The molecule has 1 aromatic heterocycles. The molecule has 22 heavy (non-hydrogen) atoms. The molecule has 0 saturated carbocycles. The topological polar surface area (TPSA) is 53.5 Å². The number of amides is 2. The number of carbonyl (C=O) groups is 2. The van der Waals surface area contributed by atoms with Crippen LogP contribution in [0.5, 0.6) is 0 Å². The number of hydrogen-bond acceptors (Lipinski definition) is 3. The number of pyridine rings is 1. The van der Waals surface area contributed by atoms with E-state index in [0.717, 1.165) is 25.1 Å². The predicted molar refractivity (Wildman–Crippen MR) is 86.5 cm³/mol. The van der Waals surface area contributed by atoms with Crippen LogP contribution < -0.4 is 4.90 Å². The van der Waals surface area contributed by atoms with Gasteiger partial charge in [-0.25, -0.2) is 0 Å². The second-order valence-corrected chi connectivity index (χ2v) is 6.17. The third-order valence-corrected chi connectivity index (χ3v) is 4.07. The fourth-order valence-corrected chi connectivity index (χ4v) is 2.98. The van der Waals surface area contributed by atoms with Gasteiger partial charge in [0.1, 0.15) is 0 Å². The fraction of sp³-hybridized carbons (Fsp3) is 0.588. The van der Waals surface area contributed by atoms with Gasteiger partial charge in [-0.2, -0.15) is 0 Å². The van der Waals surface area contributed by atoms with Gasteiger partial charge < -0.3 is 9.80 Å². The lowest BCUT2D eigenvalue weighted by molar-refractivity contribution is -0.136. The summed E-state index contributed by atoms with van der Waals surface area (Å²) in [5, 5.41) is 0. The van der Waals surface area contributed by atoms with E-state index in [4.69, 9.17) is 0 Å². The van der Waals surface area contributed by atoms with Gasteiger partial charge in [0.2, 0.25) is 11.8 Å². The summed E-state index contributed by atoms with van der Waals surface area (Å²) in [5.41, 5.74) is 0.805. The van der Waals surface area contributed by atoms with Crippen LogP contribution in [0.15, 0.2) is 24.5 Å². The van der Waals surface area contributed by atoms with E-state index in [0.29, 0.717) is 12.8 Å². The average Bonchev–Trinajstić information content (AvgIpc) is 2.48. The fourth-order valence-electron chi connectivity index (χ4n) is 2.98. The van der Waals surface area contributed by atoms with Crippen molar-refractivity contribution >= 4 is 17.5 Å². The lowest BCUT2D eigenvalue weighted by Gasteiger charge is -2.34.